The van der Waals surface area contributed by atoms with Crippen molar-refractivity contribution in [2.45, 2.75) is 26.6 Å². The number of piperazine rings is 1. The summed E-state index contributed by atoms with van der Waals surface area (Å²) in [5.74, 6) is 0.746. The van der Waals surface area contributed by atoms with E-state index in [1.165, 1.54) is 4.68 Å². The highest BCUT2D eigenvalue weighted by Gasteiger charge is 2.22. The maximum absolute atomic E-state index is 12.8. The third kappa shape index (κ3) is 4.34. The molecule has 11 heteroatoms. The largest absolute Gasteiger partial charge is 0.366 e. The number of aromatic nitrogens is 6. The Morgan fingerprint density at radius 1 is 1.06 bits per heavy atom. The van der Waals surface area contributed by atoms with Gasteiger partial charge >= 0.3 is 0 Å². The number of halogens is 1. The Kier molecular flexibility index (Phi) is 6.16. The molecule has 0 atom stereocenters. The second kappa shape index (κ2) is 9.40. The van der Waals surface area contributed by atoms with Gasteiger partial charge in [-0.25, -0.2) is 15.0 Å². The summed E-state index contributed by atoms with van der Waals surface area (Å²) >= 11 is 6.49. The SMILES string of the molecule is CC(C)Nc1ncnc2c1ncn2CN1CCN(c2cnn(-c3ccccc3)c(=O)c2Cl)CC1. The minimum atomic E-state index is -0.317. The molecule has 0 spiro atoms. The van der Waals surface area contributed by atoms with Gasteiger partial charge in [0.25, 0.3) is 5.56 Å². The first-order valence-electron chi connectivity index (χ1n) is 11.2. The van der Waals surface area contributed by atoms with Gasteiger partial charge in [0.2, 0.25) is 0 Å². The van der Waals surface area contributed by atoms with E-state index >= 15 is 0 Å². The Hall–Kier alpha value is -3.50. The molecule has 4 heterocycles. The van der Waals surface area contributed by atoms with Crippen molar-refractivity contribution in [2.75, 3.05) is 36.4 Å². The number of nitrogens with one attached hydrogen (secondary N) is 1. The van der Waals surface area contributed by atoms with Crippen LogP contribution in [0.2, 0.25) is 5.02 Å². The van der Waals surface area contributed by atoms with Crippen LogP contribution < -0.4 is 15.8 Å². The van der Waals surface area contributed by atoms with Crippen LogP contribution >= 0.6 is 11.6 Å². The number of fused-ring (bicyclic) bond motifs is 1. The van der Waals surface area contributed by atoms with Gasteiger partial charge in [-0.15, -0.1) is 0 Å². The molecule has 3 aromatic heterocycles. The molecule has 0 radical (unpaired) electrons. The normalized spacial score (nSPS) is 14.8. The first kappa shape index (κ1) is 22.3. The molecule has 0 aliphatic carbocycles. The average Bonchev–Trinajstić information content (AvgIpc) is 3.25. The van der Waals surface area contributed by atoms with E-state index in [9.17, 15) is 4.79 Å². The van der Waals surface area contributed by atoms with E-state index in [4.69, 9.17) is 11.6 Å². The van der Waals surface area contributed by atoms with Crippen LogP contribution in [-0.2, 0) is 6.67 Å². The van der Waals surface area contributed by atoms with Gasteiger partial charge in [0.15, 0.2) is 11.5 Å². The van der Waals surface area contributed by atoms with Crippen LogP contribution in [0.3, 0.4) is 0 Å². The Bertz CT molecular complexity index is 1340. The molecule has 0 unspecified atom stereocenters. The van der Waals surface area contributed by atoms with E-state index in [2.05, 4.69) is 49.0 Å². The summed E-state index contributed by atoms with van der Waals surface area (Å²) in [6.45, 7) is 7.88. The Balaban J connectivity index is 1.28. The minimum Gasteiger partial charge on any atom is -0.366 e. The summed E-state index contributed by atoms with van der Waals surface area (Å²) in [6.07, 6.45) is 5.05. The zero-order valence-electron chi connectivity index (χ0n) is 19.1. The number of rotatable bonds is 6. The Morgan fingerprint density at radius 3 is 2.56 bits per heavy atom. The molecule has 0 bridgehead atoms. The van der Waals surface area contributed by atoms with Crippen molar-refractivity contribution < 1.29 is 0 Å². The van der Waals surface area contributed by atoms with Crippen LogP contribution in [0.1, 0.15) is 13.8 Å². The lowest BCUT2D eigenvalue weighted by atomic mass is 10.3. The number of hydrogen-bond donors (Lipinski definition) is 1. The summed E-state index contributed by atoms with van der Waals surface area (Å²) in [5.41, 5.74) is 2.62. The summed E-state index contributed by atoms with van der Waals surface area (Å²) in [7, 11) is 0. The molecule has 0 amide bonds. The van der Waals surface area contributed by atoms with Crippen LogP contribution in [0.5, 0.6) is 0 Å². The van der Waals surface area contributed by atoms with Crippen LogP contribution in [0.4, 0.5) is 11.5 Å². The molecular formula is C23H26ClN9O. The number of hydrogen-bond acceptors (Lipinski definition) is 8. The molecule has 1 fully saturated rings. The first-order chi connectivity index (χ1) is 16.5. The minimum absolute atomic E-state index is 0.190. The van der Waals surface area contributed by atoms with Crippen molar-refractivity contribution in [3.63, 3.8) is 0 Å². The van der Waals surface area contributed by atoms with Crippen molar-refractivity contribution in [1.82, 2.24) is 34.2 Å². The van der Waals surface area contributed by atoms with Crippen molar-refractivity contribution in [3.8, 4) is 5.69 Å². The van der Waals surface area contributed by atoms with Gasteiger partial charge < -0.3 is 14.8 Å². The van der Waals surface area contributed by atoms with Crippen molar-refractivity contribution >= 4 is 34.3 Å². The summed E-state index contributed by atoms with van der Waals surface area (Å²) in [4.78, 5) is 30.6. The molecule has 0 saturated carbocycles. The zero-order valence-corrected chi connectivity index (χ0v) is 19.9. The van der Waals surface area contributed by atoms with Crippen LogP contribution in [0, 0.1) is 0 Å². The molecule has 10 nitrogen and oxygen atoms in total. The third-order valence-electron chi connectivity index (χ3n) is 5.79. The van der Waals surface area contributed by atoms with Gasteiger partial charge in [-0.1, -0.05) is 29.8 Å². The number of nitrogens with zero attached hydrogens (tertiary/aromatic N) is 8. The van der Waals surface area contributed by atoms with E-state index in [0.717, 1.165) is 43.2 Å². The number of benzene rings is 1. The molecule has 1 aromatic carbocycles. The van der Waals surface area contributed by atoms with E-state index < -0.39 is 0 Å². The lowest BCUT2D eigenvalue weighted by Crippen LogP contribution is -2.47. The molecule has 176 valence electrons. The fourth-order valence-corrected chi connectivity index (χ4v) is 4.35. The second-order valence-electron chi connectivity index (χ2n) is 8.55. The monoisotopic (exact) mass is 479 g/mol. The topological polar surface area (TPSA) is 97.0 Å². The van der Waals surface area contributed by atoms with Gasteiger partial charge in [0, 0.05) is 32.2 Å². The van der Waals surface area contributed by atoms with Crippen molar-refractivity contribution in [2.24, 2.45) is 0 Å². The molecule has 4 aromatic rings. The highest BCUT2D eigenvalue weighted by Crippen LogP contribution is 2.24. The quantitative estimate of drug-likeness (QED) is 0.451. The maximum atomic E-state index is 12.8. The summed E-state index contributed by atoms with van der Waals surface area (Å²) in [5, 5.41) is 7.87. The number of para-hydroxylation sites is 1. The fourth-order valence-electron chi connectivity index (χ4n) is 4.11. The molecule has 1 aliphatic rings. The van der Waals surface area contributed by atoms with E-state index in [1.807, 2.05) is 34.9 Å². The van der Waals surface area contributed by atoms with E-state index in [-0.39, 0.29) is 16.6 Å². The van der Waals surface area contributed by atoms with Gasteiger partial charge in [0.05, 0.1) is 30.6 Å². The highest BCUT2D eigenvalue weighted by atomic mass is 35.5. The van der Waals surface area contributed by atoms with Gasteiger partial charge in [0.1, 0.15) is 16.9 Å². The van der Waals surface area contributed by atoms with Gasteiger partial charge in [-0.2, -0.15) is 9.78 Å². The molecular weight excluding hydrogens is 454 g/mol. The highest BCUT2D eigenvalue weighted by molar-refractivity contribution is 6.33. The summed E-state index contributed by atoms with van der Waals surface area (Å²) in [6, 6.07) is 9.53. The standard InChI is InChI=1S/C23H26ClN9O/c1-16(2)29-21-20-22(26-13-25-21)32(14-27-20)15-30-8-10-31(11-9-30)18-12-28-33(23(34)19(18)24)17-6-4-3-5-7-17/h3-7,12-14,16H,8-11,15H2,1-2H3,(H,25,26,29). The van der Waals surface area contributed by atoms with E-state index in [0.29, 0.717) is 18.0 Å². The Morgan fingerprint density at radius 2 is 1.82 bits per heavy atom. The van der Waals surface area contributed by atoms with Gasteiger partial charge in [-0.05, 0) is 26.0 Å². The smallest absolute Gasteiger partial charge is 0.292 e. The Labute approximate surface area is 201 Å². The second-order valence-corrected chi connectivity index (χ2v) is 8.93. The average molecular weight is 480 g/mol. The maximum Gasteiger partial charge on any atom is 0.292 e. The molecule has 34 heavy (non-hydrogen) atoms. The van der Waals surface area contributed by atoms with Crippen LogP contribution in [0.15, 0.2) is 54.0 Å². The van der Waals surface area contributed by atoms with Crippen molar-refractivity contribution in [3.05, 3.63) is 64.6 Å². The fraction of sp³-hybridized carbons (Fsp3) is 0.348. The van der Waals surface area contributed by atoms with Crippen molar-refractivity contribution in [1.29, 1.82) is 0 Å². The first-order valence-corrected chi connectivity index (χ1v) is 11.6. The lowest BCUT2D eigenvalue weighted by molar-refractivity contribution is 0.208. The molecule has 1 N–H and O–H groups in total. The molecule has 1 aliphatic heterocycles. The number of imidazole rings is 1. The molecule has 5 rings (SSSR count). The molecule has 1 saturated heterocycles. The van der Waals surface area contributed by atoms with Crippen LogP contribution in [0.25, 0.3) is 16.9 Å². The zero-order chi connectivity index (χ0) is 23.7. The predicted molar refractivity (Wildman–Crippen MR) is 133 cm³/mol. The lowest BCUT2D eigenvalue weighted by Gasteiger charge is -2.36. The number of anilines is 2. The predicted octanol–water partition coefficient (Wildman–Crippen LogP) is 2.63. The summed E-state index contributed by atoms with van der Waals surface area (Å²) < 4.78 is 3.37. The third-order valence-corrected chi connectivity index (χ3v) is 6.15. The van der Waals surface area contributed by atoms with Gasteiger partial charge in [-0.3, -0.25) is 9.69 Å². The van der Waals surface area contributed by atoms with E-state index in [1.54, 1.807) is 18.9 Å². The van der Waals surface area contributed by atoms with Crippen LogP contribution in [-0.4, -0.2) is 66.4 Å².